The first-order valence-electron chi connectivity index (χ1n) is 11.1. The lowest BCUT2D eigenvalue weighted by atomic mass is 9.95. The minimum Gasteiger partial charge on any atom is -0.342 e. The monoisotopic (exact) mass is 399 g/mol. The van der Waals surface area contributed by atoms with E-state index in [-0.39, 0.29) is 11.8 Å². The lowest BCUT2D eigenvalue weighted by Crippen LogP contribution is -2.47. The van der Waals surface area contributed by atoms with Gasteiger partial charge in [0.15, 0.2) is 0 Å². The van der Waals surface area contributed by atoms with Crippen LogP contribution < -0.4 is 0 Å². The van der Waals surface area contributed by atoms with Gasteiger partial charge in [0.2, 0.25) is 11.8 Å². The summed E-state index contributed by atoms with van der Waals surface area (Å²) in [6.45, 7) is 8.41. The van der Waals surface area contributed by atoms with E-state index >= 15 is 0 Å². The molecule has 4 rings (SSSR count). The fourth-order valence-corrected chi connectivity index (χ4v) is 4.85. The number of nitrogens with zero attached hydrogens (tertiary/aromatic N) is 5. The molecule has 2 amide bonds. The summed E-state index contributed by atoms with van der Waals surface area (Å²) >= 11 is 0. The van der Waals surface area contributed by atoms with Crippen LogP contribution in [0.15, 0.2) is 6.20 Å². The summed E-state index contributed by atoms with van der Waals surface area (Å²) in [6.07, 6.45) is 8.26. The molecule has 0 unspecified atom stereocenters. The Kier molecular flexibility index (Phi) is 6.13. The molecule has 0 bridgehead atoms. The van der Waals surface area contributed by atoms with Crippen molar-refractivity contribution in [3.05, 3.63) is 23.3 Å². The van der Waals surface area contributed by atoms with E-state index in [9.17, 15) is 9.59 Å². The van der Waals surface area contributed by atoms with E-state index in [1.54, 1.807) is 6.92 Å². The molecule has 1 aromatic heterocycles. The zero-order chi connectivity index (χ0) is 20.4. The van der Waals surface area contributed by atoms with Gasteiger partial charge in [-0.2, -0.15) is 0 Å². The SMILES string of the molecule is CC(=O)N1CCc2nc(C3CCN(C(=O)CN4CCCC[C@H]4C)CC3)ncc2C1. The van der Waals surface area contributed by atoms with Crippen molar-refractivity contribution in [2.24, 2.45) is 0 Å². The number of hydrogen-bond acceptors (Lipinski definition) is 5. The number of carbonyl (C=O) groups excluding carboxylic acids is 2. The summed E-state index contributed by atoms with van der Waals surface area (Å²) in [5.41, 5.74) is 2.16. The van der Waals surface area contributed by atoms with E-state index in [1.165, 1.54) is 19.3 Å². The maximum atomic E-state index is 12.8. The quantitative estimate of drug-likeness (QED) is 0.777. The molecule has 4 heterocycles. The van der Waals surface area contributed by atoms with Crippen LogP contribution in [0.25, 0.3) is 0 Å². The van der Waals surface area contributed by atoms with Crippen molar-refractivity contribution in [3.63, 3.8) is 0 Å². The first-order valence-corrected chi connectivity index (χ1v) is 11.1. The maximum Gasteiger partial charge on any atom is 0.236 e. The van der Waals surface area contributed by atoms with Crippen LogP contribution in [0.4, 0.5) is 0 Å². The molecule has 2 fully saturated rings. The van der Waals surface area contributed by atoms with E-state index in [1.807, 2.05) is 16.0 Å². The highest BCUT2D eigenvalue weighted by atomic mass is 16.2. The molecule has 0 N–H and O–H groups in total. The van der Waals surface area contributed by atoms with Crippen LogP contribution in [-0.2, 0) is 22.6 Å². The van der Waals surface area contributed by atoms with Gasteiger partial charge in [0.25, 0.3) is 0 Å². The molecular weight excluding hydrogens is 366 g/mol. The van der Waals surface area contributed by atoms with Crippen LogP contribution in [0.2, 0.25) is 0 Å². The number of piperidine rings is 2. The Morgan fingerprint density at radius 3 is 2.59 bits per heavy atom. The van der Waals surface area contributed by atoms with Gasteiger partial charge < -0.3 is 9.80 Å². The zero-order valence-electron chi connectivity index (χ0n) is 17.8. The highest BCUT2D eigenvalue weighted by Crippen LogP contribution is 2.27. The van der Waals surface area contributed by atoms with Gasteiger partial charge in [0.1, 0.15) is 5.82 Å². The number of carbonyl (C=O) groups is 2. The average molecular weight is 400 g/mol. The van der Waals surface area contributed by atoms with Gasteiger partial charge in [-0.05, 0) is 39.2 Å². The van der Waals surface area contributed by atoms with Gasteiger partial charge in [-0.3, -0.25) is 14.5 Å². The lowest BCUT2D eigenvalue weighted by Gasteiger charge is -2.36. The molecule has 0 radical (unpaired) electrons. The second-order valence-corrected chi connectivity index (χ2v) is 8.86. The Bertz CT molecular complexity index is 760. The molecule has 0 aromatic carbocycles. The van der Waals surface area contributed by atoms with Gasteiger partial charge >= 0.3 is 0 Å². The Morgan fingerprint density at radius 1 is 1.07 bits per heavy atom. The Morgan fingerprint density at radius 2 is 1.86 bits per heavy atom. The Labute approximate surface area is 173 Å². The van der Waals surface area contributed by atoms with Crippen molar-refractivity contribution in [2.75, 3.05) is 32.7 Å². The Balaban J connectivity index is 1.32. The number of fused-ring (bicyclic) bond motifs is 1. The molecule has 3 aliphatic heterocycles. The minimum absolute atomic E-state index is 0.107. The third kappa shape index (κ3) is 4.60. The molecule has 158 valence electrons. The number of likely N-dealkylation sites (tertiary alicyclic amines) is 2. The predicted octanol–water partition coefficient (Wildman–Crippen LogP) is 1.96. The molecule has 0 saturated carbocycles. The average Bonchev–Trinajstić information content (AvgIpc) is 2.74. The predicted molar refractivity (Wildman–Crippen MR) is 110 cm³/mol. The van der Waals surface area contributed by atoms with Crippen LogP contribution in [-0.4, -0.2) is 75.2 Å². The third-order valence-corrected chi connectivity index (χ3v) is 6.89. The van der Waals surface area contributed by atoms with Crippen molar-refractivity contribution < 1.29 is 9.59 Å². The number of rotatable bonds is 3. The summed E-state index contributed by atoms with van der Waals surface area (Å²) in [4.78, 5) is 40.0. The number of aromatic nitrogens is 2. The van der Waals surface area contributed by atoms with Gasteiger partial charge in [-0.15, -0.1) is 0 Å². The zero-order valence-corrected chi connectivity index (χ0v) is 17.8. The van der Waals surface area contributed by atoms with E-state index < -0.39 is 0 Å². The van der Waals surface area contributed by atoms with Crippen LogP contribution in [0, 0.1) is 0 Å². The molecule has 3 aliphatic rings. The van der Waals surface area contributed by atoms with Gasteiger partial charge in [-0.25, -0.2) is 9.97 Å². The summed E-state index contributed by atoms with van der Waals surface area (Å²) in [7, 11) is 0. The highest BCUT2D eigenvalue weighted by Gasteiger charge is 2.29. The normalized spacial score (nSPS) is 23.7. The van der Waals surface area contributed by atoms with Crippen molar-refractivity contribution >= 4 is 11.8 Å². The van der Waals surface area contributed by atoms with E-state index in [2.05, 4.69) is 16.8 Å². The van der Waals surface area contributed by atoms with E-state index in [0.717, 1.165) is 62.5 Å². The van der Waals surface area contributed by atoms with Crippen LogP contribution in [0.3, 0.4) is 0 Å². The number of amides is 2. The molecule has 2 saturated heterocycles. The minimum atomic E-state index is 0.107. The molecule has 1 aromatic rings. The fourth-order valence-electron chi connectivity index (χ4n) is 4.85. The van der Waals surface area contributed by atoms with Crippen LogP contribution in [0.1, 0.15) is 69.0 Å². The smallest absolute Gasteiger partial charge is 0.236 e. The maximum absolute atomic E-state index is 12.8. The third-order valence-electron chi connectivity index (χ3n) is 6.89. The summed E-state index contributed by atoms with van der Waals surface area (Å²) < 4.78 is 0. The van der Waals surface area contributed by atoms with Crippen molar-refractivity contribution in [2.45, 2.75) is 70.9 Å². The lowest BCUT2D eigenvalue weighted by molar-refractivity contribution is -0.134. The summed E-state index contributed by atoms with van der Waals surface area (Å²) in [6, 6.07) is 0.521. The molecule has 7 nitrogen and oxygen atoms in total. The van der Waals surface area contributed by atoms with Gasteiger partial charge in [0, 0.05) is 63.2 Å². The molecule has 7 heteroatoms. The highest BCUT2D eigenvalue weighted by molar-refractivity contribution is 5.78. The summed E-state index contributed by atoms with van der Waals surface area (Å²) in [5.74, 6) is 1.62. The fraction of sp³-hybridized carbons (Fsp3) is 0.727. The molecular formula is C22H33N5O2. The van der Waals surface area contributed by atoms with Crippen molar-refractivity contribution in [1.82, 2.24) is 24.7 Å². The second-order valence-electron chi connectivity index (χ2n) is 8.86. The second kappa shape index (κ2) is 8.78. The van der Waals surface area contributed by atoms with Crippen molar-refractivity contribution in [3.8, 4) is 0 Å². The first-order chi connectivity index (χ1) is 14.0. The van der Waals surface area contributed by atoms with E-state index in [0.29, 0.717) is 25.0 Å². The van der Waals surface area contributed by atoms with Crippen LogP contribution >= 0.6 is 0 Å². The Hall–Kier alpha value is -2.02. The first kappa shape index (κ1) is 20.3. The molecule has 29 heavy (non-hydrogen) atoms. The van der Waals surface area contributed by atoms with Gasteiger partial charge in [0.05, 0.1) is 12.2 Å². The summed E-state index contributed by atoms with van der Waals surface area (Å²) in [5, 5.41) is 0. The standard InChI is InChI=1S/C22H33N5O2/c1-16-5-3-4-9-26(16)15-21(29)25-10-6-18(7-11-25)22-23-13-19-14-27(17(2)28)12-8-20(19)24-22/h13,16,18H,3-12,14-15H2,1-2H3/t16-/m1/s1. The van der Waals surface area contributed by atoms with Crippen LogP contribution in [0.5, 0.6) is 0 Å². The largest absolute Gasteiger partial charge is 0.342 e. The molecule has 0 aliphatic carbocycles. The van der Waals surface area contributed by atoms with Gasteiger partial charge in [-0.1, -0.05) is 6.42 Å². The van der Waals surface area contributed by atoms with Crippen molar-refractivity contribution in [1.29, 1.82) is 0 Å². The number of hydrogen-bond donors (Lipinski definition) is 0. The topological polar surface area (TPSA) is 69.6 Å². The van der Waals surface area contributed by atoms with E-state index in [4.69, 9.17) is 4.98 Å². The molecule has 0 spiro atoms. The molecule has 1 atom stereocenters.